The minimum atomic E-state index is -5.02. The summed E-state index contributed by atoms with van der Waals surface area (Å²) in [5.74, 6) is -1.99. The van der Waals surface area contributed by atoms with E-state index in [-0.39, 0.29) is 58.8 Å². The summed E-state index contributed by atoms with van der Waals surface area (Å²) in [6, 6.07) is 16.5. The molecule has 0 saturated carbocycles. The van der Waals surface area contributed by atoms with Crippen molar-refractivity contribution >= 4 is 61.3 Å². The van der Waals surface area contributed by atoms with Gasteiger partial charge in [-0.25, -0.2) is 9.59 Å². The zero-order chi connectivity index (χ0) is 36.1. The van der Waals surface area contributed by atoms with Crippen LogP contribution in [0.15, 0.2) is 92.1 Å². The summed E-state index contributed by atoms with van der Waals surface area (Å²) in [6.45, 7) is 1.81. The van der Waals surface area contributed by atoms with Crippen molar-refractivity contribution in [2.45, 2.75) is 4.90 Å². The minimum Gasteiger partial charge on any atom is -0.505 e. The van der Waals surface area contributed by atoms with Gasteiger partial charge in [0.1, 0.15) is 40.9 Å². The average Bonchev–Trinajstić information content (AvgIpc) is 3.11. The number of likely N-dealkylation sites (N-methyl/N-ethyl adjacent to an activating group) is 2. The van der Waals surface area contributed by atoms with E-state index < -0.39 is 38.4 Å². The van der Waals surface area contributed by atoms with Gasteiger partial charge in [-0.1, -0.05) is 24.3 Å². The van der Waals surface area contributed by atoms with Gasteiger partial charge in [0.15, 0.2) is 5.75 Å². The SMILES string of the molecule is CNCCOCCOC(=O)c1ccccc1N=Nc1c(S(=O)(=O)O)cc2c(N=Nc3ccccc3C(=O)OCCNC)c(NC)ccc2c1O. The molecule has 50 heavy (non-hydrogen) atoms. The number of azo groups is 2. The lowest BCUT2D eigenvalue weighted by atomic mass is 10.1. The number of benzene rings is 4. The van der Waals surface area contributed by atoms with Gasteiger partial charge in [0.25, 0.3) is 10.1 Å². The molecule has 4 rings (SSSR count). The number of fused-ring (bicyclic) bond motifs is 1. The van der Waals surface area contributed by atoms with E-state index in [0.717, 1.165) is 6.07 Å². The van der Waals surface area contributed by atoms with E-state index in [0.29, 0.717) is 25.4 Å². The normalized spacial score (nSPS) is 11.8. The van der Waals surface area contributed by atoms with Gasteiger partial charge in [0.05, 0.1) is 30.0 Å². The molecule has 0 amide bonds. The molecule has 0 heterocycles. The lowest BCUT2D eigenvalue weighted by Gasteiger charge is -2.13. The second-order valence-electron chi connectivity index (χ2n) is 10.4. The Morgan fingerprint density at radius 3 is 1.84 bits per heavy atom. The van der Waals surface area contributed by atoms with Crippen molar-refractivity contribution in [3.05, 3.63) is 77.9 Å². The molecule has 264 valence electrons. The summed E-state index contributed by atoms with van der Waals surface area (Å²) in [4.78, 5) is 24.7. The Balaban J connectivity index is 1.74. The van der Waals surface area contributed by atoms with Gasteiger partial charge in [-0.3, -0.25) is 4.55 Å². The largest absolute Gasteiger partial charge is 0.505 e. The van der Waals surface area contributed by atoms with Crippen molar-refractivity contribution in [2.24, 2.45) is 20.5 Å². The van der Waals surface area contributed by atoms with Crippen molar-refractivity contribution in [3.8, 4) is 5.75 Å². The molecule has 0 aromatic heterocycles. The summed E-state index contributed by atoms with van der Waals surface area (Å²) in [5.41, 5.74) is 0.218. The van der Waals surface area contributed by atoms with E-state index in [4.69, 9.17) is 14.2 Å². The third-order valence-corrected chi connectivity index (χ3v) is 7.93. The maximum atomic E-state index is 12.8. The van der Waals surface area contributed by atoms with Crippen LogP contribution in [0.5, 0.6) is 5.75 Å². The highest BCUT2D eigenvalue weighted by atomic mass is 32.2. The molecule has 0 atom stereocenters. The highest BCUT2D eigenvalue weighted by Crippen LogP contribution is 2.46. The van der Waals surface area contributed by atoms with Gasteiger partial charge >= 0.3 is 11.9 Å². The van der Waals surface area contributed by atoms with Crippen LogP contribution < -0.4 is 16.0 Å². The van der Waals surface area contributed by atoms with E-state index in [1.54, 1.807) is 57.5 Å². The lowest BCUT2D eigenvalue weighted by Crippen LogP contribution is -2.17. The van der Waals surface area contributed by atoms with Crippen LogP contribution in [0.2, 0.25) is 0 Å². The number of phenolic OH excluding ortho intramolecular Hbond substituents is 1. The quantitative estimate of drug-likeness (QED) is 0.0401. The van der Waals surface area contributed by atoms with Gasteiger partial charge in [-0.15, -0.1) is 20.5 Å². The van der Waals surface area contributed by atoms with Gasteiger partial charge in [0, 0.05) is 30.9 Å². The highest BCUT2D eigenvalue weighted by Gasteiger charge is 2.25. The zero-order valence-electron chi connectivity index (χ0n) is 27.5. The lowest BCUT2D eigenvalue weighted by molar-refractivity contribution is 0.0324. The summed E-state index contributed by atoms with van der Waals surface area (Å²) in [7, 11) is 0.0881. The maximum absolute atomic E-state index is 12.8. The average molecular weight is 708 g/mol. The molecule has 0 spiro atoms. The van der Waals surface area contributed by atoms with Crippen LogP contribution in [0.3, 0.4) is 0 Å². The number of hydrogen-bond acceptors (Lipinski definition) is 15. The molecule has 0 aliphatic carbocycles. The molecule has 17 heteroatoms. The summed E-state index contributed by atoms with van der Waals surface area (Å²) < 4.78 is 51.4. The number of nitrogens with one attached hydrogen (secondary N) is 3. The first-order valence-corrected chi connectivity index (χ1v) is 16.7. The second-order valence-corrected chi connectivity index (χ2v) is 11.8. The number of hydrogen-bond donors (Lipinski definition) is 5. The summed E-state index contributed by atoms with van der Waals surface area (Å²) in [5, 5.41) is 36.8. The van der Waals surface area contributed by atoms with E-state index in [2.05, 4.69) is 36.4 Å². The van der Waals surface area contributed by atoms with Crippen molar-refractivity contribution in [1.82, 2.24) is 10.6 Å². The molecule has 0 bridgehead atoms. The Kier molecular flexibility index (Phi) is 13.4. The second kappa shape index (κ2) is 17.9. The first-order valence-electron chi connectivity index (χ1n) is 15.3. The Hall–Kier alpha value is -5.33. The third kappa shape index (κ3) is 9.42. The number of esters is 2. The molecule has 4 aromatic rings. The van der Waals surface area contributed by atoms with Crippen molar-refractivity contribution in [3.63, 3.8) is 0 Å². The molecule has 0 unspecified atom stereocenters. The smallest absolute Gasteiger partial charge is 0.340 e. The molecule has 0 aliphatic heterocycles. The Bertz CT molecular complexity index is 2000. The number of aromatic hydroxyl groups is 1. The van der Waals surface area contributed by atoms with Crippen LogP contribution in [-0.2, 0) is 24.3 Å². The van der Waals surface area contributed by atoms with Crippen LogP contribution in [0, 0.1) is 0 Å². The molecule has 5 N–H and O–H groups in total. The molecular weight excluding hydrogens is 670 g/mol. The number of anilines is 1. The molecule has 0 aliphatic rings. The van der Waals surface area contributed by atoms with Gasteiger partial charge in [0.2, 0.25) is 0 Å². The standard InChI is InChI=1S/C33H37N7O9S/c1-34-14-16-47-18-19-49-33(43)23-9-5-7-11-26(23)38-40-30-28(50(44,45)46)20-24-21(31(30)41)12-13-27(36-3)29(24)39-37-25-10-6-4-8-22(25)32(42)48-17-15-35-2/h4-13,20,34-36,41H,14-19H2,1-3H3,(H,44,45,46). The van der Waals surface area contributed by atoms with E-state index in [1.165, 1.54) is 24.3 Å². The molecule has 0 saturated heterocycles. The molecule has 0 fully saturated rings. The summed E-state index contributed by atoms with van der Waals surface area (Å²) >= 11 is 0. The number of ether oxygens (including phenoxy) is 3. The van der Waals surface area contributed by atoms with Crippen LogP contribution in [0.1, 0.15) is 20.7 Å². The topological polar surface area (TPSA) is 222 Å². The fourth-order valence-corrected chi connectivity index (χ4v) is 5.20. The predicted molar refractivity (Wildman–Crippen MR) is 185 cm³/mol. The Labute approximate surface area is 288 Å². The Morgan fingerprint density at radius 2 is 1.26 bits per heavy atom. The van der Waals surface area contributed by atoms with E-state index in [1.807, 2.05) is 0 Å². The molecule has 0 radical (unpaired) electrons. The van der Waals surface area contributed by atoms with Crippen LogP contribution in [0.4, 0.5) is 28.4 Å². The summed E-state index contributed by atoms with van der Waals surface area (Å²) in [6.07, 6.45) is 0. The van der Waals surface area contributed by atoms with Crippen molar-refractivity contribution < 1.29 is 41.9 Å². The highest BCUT2D eigenvalue weighted by molar-refractivity contribution is 7.86. The number of phenols is 1. The number of carbonyl (C=O) groups excluding carboxylic acids is 2. The van der Waals surface area contributed by atoms with Crippen LogP contribution in [0.25, 0.3) is 10.8 Å². The number of rotatable bonds is 17. The van der Waals surface area contributed by atoms with Gasteiger partial charge < -0.3 is 35.3 Å². The van der Waals surface area contributed by atoms with Crippen LogP contribution in [-0.4, -0.2) is 90.7 Å². The first-order chi connectivity index (χ1) is 24.1. The molecule has 4 aromatic carbocycles. The zero-order valence-corrected chi connectivity index (χ0v) is 28.4. The fourth-order valence-electron chi connectivity index (χ4n) is 4.55. The fraction of sp³-hybridized carbons (Fsp3) is 0.273. The monoisotopic (exact) mass is 707 g/mol. The Morgan fingerprint density at radius 1 is 0.700 bits per heavy atom. The van der Waals surface area contributed by atoms with Crippen molar-refractivity contribution in [1.29, 1.82) is 0 Å². The van der Waals surface area contributed by atoms with Crippen molar-refractivity contribution in [2.75, 3.05) is 66.0 Å². The van der Waals surface area contributed by atoms with E-state index >= 15 is 0 Å². The first kappa shape index (κ1) is 37.5. The number of nitrogens with zero attached hydrogens (tertiary/aromatic N) is 4. The third-order valence-electron chi connectivity index (χ3n) is 7.06. The molecule has 16 nitrogen and oxygen atoms in total. The number of carbonyl (C=O) groups is 2. The van der Waals surface area contributed by atoms with Gasteiger partial charge in [-0.05, 0) is 56.6 Å². The minimum absolute atomic E-state index is 0.0116. The van der Waals surface area contributed by atoms with Gasteiger partial charge in [-0.2, -0.15) is 8.42 Å². The predicted octanol–water partition coefficient (Wildman–Crippen LogP) is 5.43. The van der Waals surface area contributed by atoms with Crippen LogP contribution >= 0.6 is 0 Å². The molecular formula is C33H37N7O9S. The maximum Gasteiger partial charge on any atom is 0.340 e. The van der Waals surface area contributed by atoms with E-state index in [9.17, 15) is 27.7 Å².